The van der Waals surface area contributed by atoms with Crippen LogP contribution in [0.5, 0.6) is 5.75 Å². The van der Waals surface area contributed by atoms with E-state index in [2.05, 4.69) is 10.2 Å². The molecule has 1 aromatic carbocycles. The average molecular weight is 237 g/mol. The van der Waals surface area contributed by atoms with Crippen molar-refractivity contribution in [2.75, 3.05) is 12.0 Å². The average Bonchev–Trinajstić information content (AvgIpc) is 2.74. The van der Waals surface area contributed by atoms with Gasteiger partial charge in [0.1, 0.15) is 5.75 Å². The third kappa shape index (κ3) is 2.66. The molecule has 0 fully saturated rings. The van der Waals surface area contributed by atoms with Crippen LogP contribution in [0.3, 0.4) is 0 Å². The fourth-order valence-electron chi connectivity index (χ4n) is 1.13. The van der Waals surface area contributed by atoms with E-state index in [1.807, 2.05) is 18.4 Å². The zero-order valence-corrected chi connectivity index (χ0v) is 9.53. The molecule has 0 aliphatic heterocycles. The molecule has 16 heavy (non-hydrogen) atoms. The lowest BCUT2D eigenvalue weighted by atomic mass is 10.3. The number of nitrogen functional groups attached to an aromatic ring is 1. The summed E-state index contributed by atoms with van der Waals surface area (Å²) in [6.07, 6.45) is 1.87. The number of thioether (sulfide) groups is 1. The Kier molecular flexibility index (Phi) is 3.31. The first-order valence-corrected chi connectivity index (χ1v) is 5.85. The highest BCUT2D eigenvalue weighted by atomic mass is 32.2. The summed E-state index contributed by atoms with van der Waals surface area (Å²) in [5.41, 5.74) is 6.28. The molecule has 2 rings (SSSR count). The summed E-state index contributed by atoms with van der Waals surface area (Å²) in [6, 6.07) is 7.19. The van der Waals surface area contributed by atoms with Gasteiger partial charge in [0.05, 0.1) is 0 Å². The first-order chi connectivity index (χ1) is 7.78. The smallest absolute Gasteiger partial charge is 0.276 e. The SMILES string of the molecule is CSc1nnc(COc2cccc(N)c2)o1. The molecule has 0 amide bonds. The fraction of sp³-hybridized carbons (Fsp3) is 0.200. The van der Waals surface area contributed by atoms with E-state index in [1.165, 1.54) is 11.8 Å². The maximum Gasteiger partial charge on any atom is 0.276 e. The summed E-state index contributed by atoms with van der Waals surface area (Å²) < 4.78 is 10.7. The van der Waals surface area contributed by atoms with Crippen molar-refractivity contribution in [3.05, 3.63) is 30.2 Å². The largest absolute Gasteiger partial charge is 0.484 e. The van der Waals surface area contributed by atoms with E-state index in [-0.39, 0.29) is 6.61 Å². The van der Waals surface area contributed by atoms with Crippen molar-refractivity contribution in [1.29, 1.82) is 0 Å². The molecule has 0 aliphatic carbocycles. The standard InChI is InChI=1S/C10H11N3O2S/c1-16-10-13-12-9(15-10)6-14-8-4-2-3-7(11)5-8/h2-5H,6,11H2,1H3. The topological polar surface area (TPSA) is 74.2 Å². The molecular weight excluding hydrogens is 226 g/mol. The summed E-state index contributed by atoms with van der Waals surface area (Å²) >= 11 is 1.40. The molecule has 84 valence electrons. The molecular formula is C10H11N3O2S. The normalized spacial score (nSPS) is 10.3. The molecule has 2 aromatic rings. The summed E-state index contributed by atoms with van der Waals surface area (Å²) in [5, 5.41) is 8.17. The lowest BCUT2D eigenvalue weighted by Gasteiger charge is -2.03. The zero-order chi connectivity index (χ0) is 11.4. The van der Waals surface area contributed by atoms with E-state index in [0.29, 0.717) is 22.6 Å². The molecule has 2 N–H and O–H groups in total. The second-order valence-corrected chi connectivity index (χ2v) is 3.78. The van der Waals surface area contributed by atoms with Gasteiger partial charge in [-0.1, -0.05) is 17.8 Å². The van der Waals surface area contributed by atoms with E-state index in [0.717, 1.165) is 0 Å². The number of aromatic nitrogens is 2. The molecule has 0 radical (unpaired) electrons. The lowest BCUT2D eigenvalue weighted by molar-refractivity contribution is 0.252. The predicted molar refractivity (Wildman–Crippen MR) is 61.3 cm³/mol. The maximum absolute atomic E-state index is 5.62. The van der Waals surface area contributed by atoms with Gasteiger partial charge in [0, 0.05) is 11.8 Å². The Bertz CT molecular complexity index is 473. The Hall–Kier alpha value is -1.69. The highest BCUT2D eigenvalue weighted by molar-refractivity contribution is 7.98. The fourth-order valence-corrected chi connectivity index (χ4v) is 1.43. The van der Waals surface area contributed by atoms with Gasteiger partial charge in [0.15, 0.2) is 6.61 Å². The Morgan fingerprint density at radius 1 is 1.44 bits per heavy atom. The van der Waals surface area contributed by atoms with Gasteiger partial charge >= 0.3 is 0 Å². The highest BCUT2D eigenvalue weighted by Crippen LogP contribution is 2.17. The molecule has 0 spiro atoms. The van der Waals surface area contributed by atoms with Crippen LogP contribution in [0.25, 0.3) is 0 Å². The van der Waals surface area contributed by atoms with Crippen LogP contribution < -0.4 is 10.5 Å². The number of anilines is 1. The van der Waals surface area contributed by atoms with Gasteiger partial charge in [-0.25, -0.2) is 0 Å². The Labute approximate surface area is 97.0 Å². The molecule has 1 heterocycles. The lowest BCUT2D eigenvalue weighted by Crippen LogP contribution is -1.96. The summed E-state index contributed by atoms with van der Waals surface area (Å²) in [6.45, 7) is 0.247. The summed E-state index contributed by atoms with van der Waals surface area (Å²) in [5.74, 6) is 1.13. The van der Waals surface area contributed by atoms with E-state index in [4.69, 9.17) is 14.9 Å². The molecule has 5 nitrogen and oxygen atoms in total. The first kappa shape index (κ1) is 10.8. The number of hydrogen-bond donors (Lipinski definition) is 1. The Morgan fingerprint density at radius 3 is 3.00 bits per heavy atom. The van der Waals surface area contributed by atoms with Crippen LogP contribution >= 0.6 is 11.8 Å². The highest BCUT2D eigenvalue weighted by Gasteiger charge is 2.05. The minimum Gasteiger partial charge on any atom is -0.484 e. The zero-order valence-electron chi connectivity index (χ0n) is 8.71. The summed E-state index contributed by atoms with van der Waals surface area (Å²) in [4.78, 5) is 0. The van der Waals surface area contributed by atoms with Crippen molar-refractivity contribution < 1.29 is 9.15 Å². The van der Waals surface area contributed by atoms with Gasteiger partial charge in [-0.2, -0.15) is 0 Å². The maximum atomic E-state index is 5.62. The molecule has 6 heteroatoms. The second-order valence-electron chi connectivity index (χ2n) is 3.03. The molecule has 0 saturated heterocycles. The quantitative estimate of drug-likeness (QED) is 0.647. The minimum absolute atomic E-state index is 0.247. The number of ether oxygens (including phenoxy) is 1. The van der Waals surface area contributed by atoms with Crippen LogP contribution in [0.4, 0.5) is 5.69 Å². The third-order valence-corrected chi connectivity index (χ3v) is 2.36. The minimum atomic E-state index is 0.247. The van der Waals surface area contributed by atoms with Gasteiger partial charge in [0.2, 0.25) is 0 Å². The van der Waals surface area contributed by atoms with Crippen LogP contribution in [0, 0.1) is 0 Å². The molecule has 1 aromatic heterocycles. The van der Waals surface area contributed by atoms with E-state index < -0.39 is 0 Å². The molecule has 0 unspecified atom stereocenters. The van der Waals surface area contributed by atoms with Crippen molar-refractivity contribution in [3.8, 4) is 5.75 Å². The second kappa shape index (κ2) is 4.89. The van der Waals surface area contributed by atoms with Crippen molar-refractivity contribution in [2.24, 2.45) is 0 Å². The summed E-state index contributed by atoms with van der Waals surface area (Å²) in [7, 11) is 0. The first-order valence-electron chi connectivity index (χ1n) is 4.62. The number of nitrogens with two attached hydrogens (primary N) is 1. The predicted octanol–water partition coefficient (Wildman–Crippen LogP) is 1.95. The molecule has 0 aliphatic rings. The van der Waals surface area contributed by atoms with Gasteiger partial charge in [-0.15, -0.1) is 10.2 Å². The van der Waals surface area contributed by atoms with Gasteiger partial charge in [-0.05, 0) is 18.4 Å². The van der Waals surface area contributed by atoms with Crippen LogP contribution in [-0.4, -0.2) is 16.5 Å². The van der Waals surface area contributed by atoms with E-state index in [1.54, 1.807) is 12.1 Å². The van der Waals surface area contributed by atoms with Crippen LogP contribution in [-0.2, 0) is 6.61 Å². The Balaban J connectivity index is 1.96. The monoisotopic (exact) mass is 237 g/mol. The number of hydrogen-bond acceptors (Lipinski definition) is 6. The van der Waals surface area contributed by atoms with Crippen molar-refractivity contribution >= 4 is 17.4 Å². The molecule has 0 atom stereocenters. The van der Waals surface area contributed by atoms with Gasteiger partial charge in [-0.3, -0.25) is 0 Å². The molecule has 0 saturated carbocycles. The van der Waals surface area contributed by atoms with Gasteiger partial charge in [0.25, 0.3) is 11.1 Å². The van der Waals surface area contributed by atoms with Crippen molar-refractivity contribution in [3.63, 3.8) is 0 Å². The number of nitrogens with zero attached hydrogens (tertiary/aromatic N) is 2. The molecule has 0 bridgehead atoms. The Morgan fingerprint density at radius 2 is 2.31 bits per heavy atom. The van der Waals surface area contributed by atoms with E-state index >= 15 is 0 Å². The van der Waals surface area contributed by atoms with Crippen LogP contribution in [0.2, 0.25) is 0 Å². The number of rotatable bonds is 4. The number of benzene rings is 1. The third-order valence-electron chi connectivity index (χ3n) is 1.84. The van der Waals surface area contributed by atoms with Crippen molar-refractivity contribution in [2.45, 2.75) is 11.8 Å². The van der Waals surface area contributed by atoms with E-state index in [9.17, 15) is 0 Å². The van der Waals surface area contributed by atoms with Crippen LogP contribution in [0.15, 0.2) is 33.9 Å². The van der Waals surface area contributed by atoms with Crippen LogP contribution in [0.1, 0.15) is 5.89 Å². The van der Waals surface area contributed by atoms with Crippen molar-refractivity contribution in [1.82, 2.24) is 10.2 Å². The van der Waals surface area contributed by atoms with Gasteiger partial charge < -0.3 is 14.9 Å².